The van der Waals surface area contributed by atoms with Gasteiger partial charge in [-0.1, -0.05) is 11.6 Å². The Morgan fingerprint density at radius 1 is 1.27 bits per heavy atom. The Hall–Kier alpha value is -2.65. The van der Waals surface area contributed by atoms with Crippen LogP contribution in [0.15, 0.2) is 42.5 Å². The minimum Gasteiger partial charge on any atom is -0.497 e. The quantitative estimate of drug-likeness (QED) is 0.690. The fourth-order valence-electron chi connectivity index (χ4n) is 2.95. The van der Waals surface area contributed by atoms with Crippen LogP contribution in [-0.4, -0.2) is 53.0 Å². The number of carbonyl (C=O) groups is 1. The van der Waals surface area contributed by atoms with Gasteiger partial charge in [-0.2, -0.15) is 0 Å². The van der Waals surface area contributed by atoms with Crippen molar-refractivity contribution >= 4 is 33.2 Å². The highest BCUT2D eigenvalue weighted by atomic mass is 35.5. The Balaban J connectivity index is 1.63. The zero-order chi connectivity index (χ0) is 21.9. The van der Waals surface area contributed by atoms with Gasteiger partial charge in [0.15, 0.2) is 6.10 Å². The molecule has 8 nitrogen and oxygen atoms in total. The van der Waals surface area contributed by atoms with E-state index in [1.165, 1.54) is 6.07 Å². The molecule has 2 aromatic carbocycles. The van der Waals surface area contributed by atoms with E-state index in [0.717, 1.165) is 16.3 Å². The molecule has 2 atom stereocenters. The summed E-state index contributed by atoms with van der Waals surface area (Å²) in [5, 5.41) is 3.17. The molecule has 1 aliphatic rings. The number of fused-ring (bicyclic) bond motifs is 1. The largest absolute Gasteiger partial charge is 0.497 e. The highest BCUT2D eigenvalue weighted by Gasteiger charge is 2.35. The van der Waals surface area contributed by atoms with Gasteiger partial charge >= 0.3 is 0 Å². The van der Waals surface area contributed by atoms with Crippen molar-refractivity contribution in [3.63, 3.8) is 0 Å². The van der Waals surface area contributed by atoms with Crippen molar-refractivity contribution in [1.29, 1.82) is 0 Å². The molecule has 0 aromatic heterocycles. The molecule has 1 amide bonds. The second kappa shape index (κ2) is 9.01. The number of halogens is 1. The number of ether oxygens (including phenoxy) is 3. The van der Waals surface area contributed by atoms with Gasteiger partial charge in [0.2, 0.25) is 10.0 Å². The summed E-state index contributed by atoms with van der Waals surface area (Å²) in [6.07, 6.45) is 0.0698. The van der Waals surface area contributed by atoms with Crippen molar-refractivity contribution in [1.82, 2.24) is 5.32 Å². The molecule has 30 heavy (non-hydrogen) atoms. The van der Waals surface area contributed by atoms with Gasteiger partial charge in [-0.05, 0) is 49.4 Å². The molecule has 0 radical (unpaired) electrons. The van der Waals surface area contributed by atoms with Crippen LogP contribution in [0.25, 0.3) is 0 Å². The highest BCUT2D eigenvalue weighted by molar-refractivity contribution is 7.92. The van der Waals surface area contributed by atoms with E-state index in [1.807, 2.05) is 0 Å². The Morgan fingerprint density at radius 2 is 1.93 bits per heavy atom. The maximum absolute atomic E-state index is 12.7. The summed E-state index contributed by atoms with van der Waals surface area (Å²) in [5.74, 6) is 1.20. The van der Waals surface area contributed by atoms with Crippen molar-refractivity contribution in [3.05, 3.63) is 47.5 Å². The molecule has 10 heteroatoms. The van der Waals surface area contributed by atoms with Gasteiger partial charge in [0.1, 0.15) is 23.9 Å². The standard InChI is InChI=1S/C20H23ClN2O6S/c1-13(12-28-16-7-5-15(27-2)6-8-16)22-20(24)19-11-23(30(3,25)26)17-10-14(21)4-9-18(17)29-19/h4-10,13,19H,11-12H2,1-3H3,(H,22,24)/t13-,19+/m0/s1. The van der Waals surface area contributed by atoms with Crippen LogP contribution in [0.4, 0.5) is 5.69 Å². The van der Waals surface area contributed by atoms with E-state index in [4.69, 9.17) is 25.8 Å². The van der Waals surface area contributed by atoms with Crippen LogP contribution < -0.4 is 23.8 Å². The molecule has 3 rings (SSSR count). The number of benzene rings is 2. The van der Waals surface area contributed by atoms with Crippen LogP contribution in [0.3, 0.4) is 0 Å². The molecular weight excluding hydrogens is 432 g/mol. The van der Waals surface area contributed by atoms with E-state index >= 15 is 0 Å². The first kappa shape index (κ1) is 22.0. The lowest BCUT2D eigenvalue weighted by molar-refractivity contribution is -0.128. The number of amides is 1. The number of sulfonamides is 1. The summed E-state index contributed by atoms with van der Waals surface area (Å²) in [5.41, 5.74) is 0.310. The molecule has 162 valence electrons. The second-order valence-electron chi connectivity index (χ2n) is 6.91. The topological polar surface area (TPSA) is 94.2 Å². The molecule has 1 N–H and O–H groups in total. The Bertz CT molecular complexity index is 1010. The van der Waals surface area contributed by atoms with Crippen molar-refractivity contribution in [2.24, 2.45) is 0 Å². The lowest BCUT2D eigenvalue weighted by atomic mass is 10.2. The van der Waals surface area contributed by atoms with Gasteiger partial charge < -0.3 is 19.5 Å². The fraction of sp³-hybridized carbons (Fsp3) is 0.350. The Morgan fingerprint density at radius 3 is 2.57 bits per heavy atom. The van der Waals surface area contributed by atoms with Gasteiger partial charge in [0, 0.05) is 5.02 Å². The normalized spacial score (nSPS) is 16.8. The molecular formula is C20H23ClN2O6S. The molecule has 0 spiro atoms. The van der Waals surface area contributed by atoms with E-state index in [9.17, 15) is 13.2 Å². The smallest absolute Gasteiger partial charge is 0.263 e. The molecule has 0 unspecified atom stereocenters. The van der Waals surface area contributed by atoms with E-state index in [0.29, 0.717) is 16.5 Å². The number of anilines is 1. The lowest BCUT2D eigenvalue weighted by Gasteiger charge is -2.34. The minimum absolute atomic E-state index is 0.149. The number of rotatable bonds is 7. The first-order valence-corrected chi connectivity index (χ1v) is 11.4. The minimum atomic E-state index is -3.62. The predicted molar refractivity (Wildman–Crippen MR) is 114 cm³/mol. The summed E-state index contributed by atoms with van der Waals surface area (Å²) in [6, 6.07) is 11.4. The van der Waals surface area contributed by atoms with Gasteiger partial charge in [-0.15, -0.1) is 0 Å². The van der Waals surface area contributed by atoms with Crippen LogP contribution in [0, 0.1) is 0 Å². The molecule has 0 fully saturated rings. The number of nitrogens with zero attached hydrogens (tertiary/aromatic N) is 1. The van der Waals surface area contributed by atoms with Crippen LogP contribution >= 0.6 is 11.6 Å². The number of hydrogen-bond donors (Lipinski definition) is 1. The van der Waals surface area contributed by atoms with E-state index < -0.39 is 22.0 Å². The molecule has 2 aromatic rings. The highest BCUT2D eigenvalue weighted by Crippen LogP contribution is 2.37. The molecule has 0 saturated carbocycles. The Labute approximate surface area is 180 Å². The van der Waals surface area contributed by atoms with Crippen molar-refractivity contribution in [2.45, 2.75) is 19.1 Å². The maximum atomic E-state index is 12.7. The van der Waals surface area contributed by atoms with Crippen LogP contribution in [0.2, 0.25) is 5.02 Å². The number of methoxy groups -OCH3 is 1. The first-order valence-electron chi connectivity index (χ1n) is 9.18. The fourth-order valence-corrected chi connectivity index (χ4v) is 4.02. The summed E-state index contributed by atoms with van der Waals surface area (Å²) >= 11 is 5.98. The van der Waals surface area contributed by atoms with Crippen molar-refractivity contribution < 1.29 is 27.4 Å². The molecule has 0 bridgehead atoms. The average Bonchev–Trinajstić information content (AvgIpc) is 2.71. The van der Waals surface area contributed by atoms with Crippen LogP contribution in [-0.2, 0) is 14.8 Å². The summed E-state index contributed by atoms with van der Waals surface area (Å²) in [4.78, 5) is 12.7. The summed E-state index contributed by atoms with van der Waals surface area (Å²) < 4.78 is 42.1. The number of nitrogens with one attached hydrogen (secondary N) is 1. The third-order valence-electron chi connectivity index (χ3n) is 4.43. The zero-order valence-corrected chi connectivity index (χ0v) is 18.4. The summed E-state index contributed by atoms with van der Waals surface area (Å²) in [6.45, 7) is 1.86. The summed E-state index contributed by atoms with van der Waals surface area (Å²) in [7, 11) is -2.04. The van der Waals surface area contributed by atoms with E-state index in [2.05, 4.69) is 5.32 Å². The average molecular weight is 455 g/mol. The van der Waals surface area contributed by atoms with Gasteiger partial charge in [0.25, 0.3) is 5.91 Å². The van der Waals surface area contributed by atoms with Crippen LogP contribution in [0.5, 0.6) is 17.2 Å². The van der Waals surface area contributed by atoms with Crippen LogP contribution in [0.1, 0.15) is 6.92 Å². The number of carbonyl (C=O) groups excluding carboxylic acids is 1. The van der Waals surface area contributed by atoms with Gasteiger partial charge in [0.05, 0.1) is 31.6 Å². The molecule has 1 heterocycles. The third-order valence-corrected chi connectivity index (χ3v) is 5.81. The van der Waals surface area contributed by atoms with E-state index in [-0.39, 0.29) is 24.9 Å². The second-order valence-corrected chi connectivity index (χ2v) is 9.25. The third kappa shape index (κ3) is 5.28. The van der Waals surface area contributed by atoms with Gasteiger partial charge in [-0.3, -0.25) is 9.10 Å². The van der Waals surface area contributed by atoms with E-state index in [1.54, 1.807) is 50.4 Å². The molecule has 0 saturated heterocycles. The SMILES string of the molecule is COc1ccc(OC[C@H](C)NC(=O)[C@H]2CN(S(C)(=O)=O)c3cc(Cl)ccc3O2)cc1. The first-order chi connectivity index (χ1) is 14.2. The van der Waals surface area contributed by atoms with Crippen molar-refractivity contribution in [3.8, 4) is 17.2 Å². The molecule has 0 aliphatic carbocycles. The monoisotopic (exact) mass is 454 g/mol. The van der Waals surface area contributed by atoms with Crippen molar-refractivity contribution in [2.75, 3.05) is 30.8 Å². The maximum Gasteiger partial charge on any atom is 0.263 e. The number of hydrogen-bond acceptors (Lipinski definition) is 6. The predicted octanol–water partition coefficient (Wildman–Crippen LogP) is 2.46. The Kier molecular flexibility index (Phi) is 6.62. The molecule has 1 aliphatic heterocycles. The lowest BCUT2D eigenvalue weighted by Crippen LogP contribution is -2.52. The zero-order valence-electron chi connectivity index (χ0n) is 16.8. The van der Waals surface area contributed by atoms with Gasteiger partial charge in [-0.25, -0.2) is 8.42 Å².